The summed E-state index contributed by atoms with van der Waals surface area (Å²) in [6.07, 6.45) is 2.82. The number of ether oxygens (including phenoxy) is 1. The Morgan fingerprint density at radius 2 is 2.14 bits per heavy atom. The summed E-state index contributed by atoms with van der Waals surface area (Å²) >= 11 is 0. The zero-order chi connectivity index (χ0) is 16.2. The average molecular weight is 305 g/mol. The van der Waals surface area contributed by atoms with E-state index >= 15 is 0 Å². The highest BCUT2D eigenvalue weighted by Gasteiger charge is 2.31. The largest absolute Gasteiger partial charge is 0.444 e. The highest BCUT2D eigenvalue weighted by molar-refractivity contribution is 5.92. The second-order valence-electron chi connectivity index (χ2n) is 6.47. The van der Waals surface area contributed by atoms with E-state index in [-0.39, 0.29) is 17.9 Å². The Hall–Kier alpha value is -2.11. The summed E-state index contributed by atoms with van der Waals surface area (Å²) in [7, 11) is 0. The Bertz CT molecular complexity index is 525. The van der Waals surface area contributed by atoms with Gasteiger partial charge in [-0.1, -0.05) is 6.07 Å². The summed E-state index contributed by atoms with van der Waals surface area (Å²) in [5.41, 5.74) is -0.528. The van der Waals surface area contributed by atoms with Crippen LogP contribution in [0.4, 0.5) is 10.6 Å². The number of pyridine rings is 1. The van der Waals surface area contributed by atoms with E-state index in [1.165, 1.54) is 0 Å². The van der Waals surface area contributed by atoms with E-state index in [9.17, 15) is 9.59 Å². The minimum absolute atomic E-state index is 0.105. The molecule has 2 rings (SSSR count). The molecule has 1 aliphatic heterocycles. The van der Waals surface area contributed by atoms with Crippen molar-refractivity contribution in [2.75, 3.05) is 18.4 Å². The maximum Gasteiger partial charge on any atom is 0.410 e. The lowest BCUT2D eigenvalue weighted by atomic mass is 9.97. The number of hydrogen-bond acceptors (Lipinski definition) is 4. The Labute approximate surface area is 130 Å². The summed E-state index contributed by atoms with van der Waals surface area (Å²) in [4.78, 5) is 30.1. The molecule has 2 amide bonds. The van der Waals surface area contributed by atoms with Crippen LogP contribution >= 0.6 is 0 Å². The lowest BCUT2D eigenvalue weighted by molar-refractivity contribution is -0.121. The maximum absolute atomic E-state index is 12.3. The molecule has 0 radical (unpaired) electrons. The van der Waals surface area contributed by atoms with Gasteiger partial charge in [0.05, 0.1) is 5.92 Å². The van der Waals surface area contributed by atoms with E-state index in [1.54, 1.807) is 23.2 Å². The van der Waals surface area contributed by atoms with Crippen molar-refractivity contribution >= 4 is 17.8 Å². The molecule has 6 heteroatoms. The Balaban J connectivity index is 1.92. The van der Waals surface area contributed by atoms with E-state index in [2.05, 4.69) is 10.3 Å². The number of nitrogens with one attached hydrogen (secondary N) is 1. The number of likely N-dealkylation sites (tertiary alicyclic amines) is 1. The number of aromatic nitrogens is 1. The average Bonchev–Trinajstić information content (AvgIpc) is 2.46. The van der Waals surface area contributed by atoms with Crippen molar-refractivity contribution in [3.8, 4) is 0 Å². The number of piperidine rings is 1. The van der Waals surface area contributed by atoms with Crippen LogP contribution in [-0.2, 0) is 9.53 Å². The van der Waals surface area contributed by atoms with Crippen molar-refractivity contribution in [1.29, 1.82) is 0 Å². The first-order valence-electron chi connectivity index (χ1n) is 7.55. The quantitative estimate of drug-likeness (QED) is 0.912. The predicted octanol–water partition coefficient (Wildman–Crippen LogP) is 2.67. The molecule has 1 N–H and O–H groups in total. The van der Waals surface area contributed by atoms with Crippen LogP contribution in [-0.4, -0.2) is 40.6 Å². The second-order valence-corrected chi connectivity index (χ2v) is 6.47. The van der Waals surface area contributed by atoms with E-state index in [4.69, 9.17) is 4.74 Å². The number of hydrogen-bond donors (Lipinski definition) is 1. The van der Waals surface area contributed by atoms with Gasteiger partial charge in [-0.25, -0.2) is 9.78 Å². The van der Waals surface area contributed by atoms with Gasteiger partial charge in [0, 0.05) is 19.3 Å². The van der Waals surface area contributed by atoms with Crippen molar-refractivity contribution in [3.63, 3.8) is 0 Å². The first-order chi connectivity index (χ1) is 10.3. The molecule has 1 fully saturated rings. The molecule has 6 nitrogen and oxygen atoms in total. The Morgan fingerprint density at radius 1 is 1.36 bits per heavy atom. The molecule has 0 aromatic carbocycles. The van der Waals surface area contributed by atoms with Gasteiger partial charge in [0.15, 0.2) is 0 Å². The lowest BCUT2D eigenvalue weighted by Gasteiger charge is -2.33. The summed E-state index contributed by atoms with van der Waals surface area (Å²) in [6.45, 7) is 6.51. The number of rotatable bonds is 2. The van der Waals surface area contributed by atoms with Gasteiger partial charge in [0.25, 0.3) is 0 Å². The number of anilines is 1. The molecule has 2 heterocycles. The molecule has 1 aromatic heterocycles. The summed E-state index contributed by atoms with van der Waals surface area (Å²) in [5.74, 6) is 0.192. The number of amides is 2. The fraction of sp³-hybridized carbons (Fsp3) is 0.562. The first-order valence-corrected chi connectivity index (χ1v) is 7.55. The lowest BCUT2D eigenvalue weighted by Crippen LogP contribution is -2.45. The third kappa shape index (κ3) is 4.72. The van der Waals surface area contributed by atoms with Crippen molar-refractivity contribution in [2.24, 2.45) is 5.92 Å². The smallest absolute Gasteiger partial charge is 0.410 e. The zero-order valence-corrected chi connectivity index (χ0v) is 13.3. The molecule has 1 saturated heterocycles. The van der Waals surface area contributed by atoms with Crippen LogP contribution in [0.5, 0.6) is 0 Å². The minimum atomic E-state index is -0.528. The summed E-state index contributed by atoms with van der Waals surface area (Å²) in [5, 5.41) is 2.79. The van der Waals surface area contributed by atoms with Crippen LogP contribution in [0.15, 0.2) is 24.4 Å². The first kappa shape index (κ1) is 16.3. The minimum Gasteiger partial charge on any atom is -0.444 e. The van der Waals surface area contributed by atoms with Crippen LogP contribution < -0.4 is 5.32 Å². The molecule has 0 spiro atoms. The van der Waals surface area contributed by atoms with Gasteiger partial charge in [-0.2, -0.15) is 0 Å². The highest BCUT2D eigenvalue weighted by atomic mass is 16.6. The van der Waals surface area contributed by atoms with E-state index in [0.717, 1.165) is 12.8 Å². The fourth-order valence-corrected chi connectivity index (χ4v) is 2.35. The number of carbonyl (C=O) groups is 2. The highest BCUT2D eigenvalue weighted by Crippen LogP contribution is 2.20. The van der Waals surface area contributed by atoms with Crippen molar-refractivity contribution in [1.82, 2.24) is 9.88 Å². The molecule has 1 atom stereocenters. The third-order valence-corrected chi connectivity index (χ3v) is 3.36. The molecule has 1 aliphatic rings. The standard InChI is InChI=1S/C16H23N3O3/c1-16(2,3)22-15(21)19-10-6-7-12(11-19)14(20)18-13-8-4-5-9-17-13/h4-5,8-9,12H,6-7,10-11H2,1-3H3,(H,17,18,20). The maximum atomic E-state index is 12.3. The van der Waals surface area contributed by atoms with Gasteiger partial charge in [-0.05, 0) is 45.7 Å². The van der Waals surface area contributed by atoms with Gasteiger partial charge in [0.2, 0.25) is 5.91 Å². The van der Waals surface area contributed by atoms with Crippen molar-refractivity contribution in [2.45, 2.75) is 39.2 Å². The monoisotopic (exact) mass is 305 g/mol. The van der Waals surface area contributed by atoms with Crippen LogP contribution in [0.25, 0.3) is 0 Å². The topological polar surface area (TPSA) is 71.5 Å². The molecule has 0 bridgehead atoms. The van der Waals surface area contributed by atoms with Gasteiger partial charge in [-0.3, -0.25) is 4.79 Å². The van der Waals surface area contributed by atoms with E-state index in [1.807, 2.05) is 26.8 Å². The summed E-state index contributed by atoms with van der Waals surface area (Å²) < 4.78 is 5.37. The molecule has 0 saturated carbocycles. The number of nitrogens with zero attached hydrogens (tertiary/aromatic N) is 2. The second kappa shape index (κ2) is 6.77. The third-order valence-electron chi connectivity index (χ3n) is 3.36. The number of carbonyl (C=O) groups excluding carboxylic acids is 2. The molecular weight excluding hydrogens is 282 g/mol. The predicted molar refractivity (Wildman–Crippen MR) is 83.4 cm³/mol. The SMILES string of the molecule is CC(C)(C)OC(=O)N1CCCC(C(=O)Nc2ccccn2)C1. The molecule has 1 aromatic rings. The van der Waals surface area contributed by atoms with Crippen LogP contribution in [0.1, 0.15) is 33.6 Å². The van der Waals surface area contributed by atoms with E-state index < -0.39 is 5.60 Å². The van der Waals surface area contributed by atoms with Gasteiger partial charge in [-0.15, -0.1) is 0 Å². The molecular formula is C16H23N3O3. The van der Waals surface area contributed by atoms with Gasteiger partial charge >= 0.3 is 6.09 Å². The normalized spacial score (nSPS) is 18.7. The molecule has 1 unspecified atom stereocenters. The zero-order valence-electron chi connectivity index (χ0n) is 13.3. The van der Waals surface area contributed by atoms with Crippen LogP contribution in [0, 0.1) is 5.92 Å². The van der Waals surface area contributed by atoms with Crippen LogP contribution in [0.2, 0.25) is 0 Å². The fourth-order valence-electron chi connectivity index (χ4n) is 2.35. The van der Waals surface area contributed by atoms with Crippen molar-refractivity contribution < 1.29 is 14.3 Å². The van der Waals surface area contributed by atoms with Gasteiger partial charge in [0.1, 0.15) is 11.4 Å². The van der Waals surface area contributed by atoms with Crippen molar-refractivity contribution in [3.05, 3.63) is 24.4 Å². The summed E-state index contributed by atoms with van der Waals surface area (Å²) in [6, 6.07) is 5.35. The molecule has 120 valence electrons. The Morgan fingerprint density at radius 3 is 2.77 bits per heavy atom. The van der Waals surface area contributed by atoms with E-state index in [0.29, 0.717) is 18.9 Å². The Kier molecular flexibility index (Phi) is 5.00. The molecule has 0 aliphatic carbocycles. The van der Waals surface area contributed by atoms with Crippen LogP contribution in [0.3, 0.4) is 0 Å². The molecule has 22 heavy (non-hydrogen) atoms. The van der Waals surface area contributed by atoms with Gasteiger partial charge < -0.3 is 15.0 Å².